The van der Waals surface area contributed by atoms with Gasteiger partial charge in [0.1, 0.15) is 41.5 Å². The molecule has 32 heavy (non-hydrogen) atoms. The van der Waals surface area contributed by atoms with Crippen molar-refractivity contribution in [3.05, 3.63) is 52.7 Å². The third kappa shape index (κ3) is 3.90. The SMILES string of the molecule is COc1ccc2c(=O)c(O)c(-c3ccc(O[C@@H]4O[C@H](CO)[C@@H](O)[C@H](O)[C@H]4O)cc3)oc2c1. The van der Waals surface area contributed by atoms with Crippen LogP contribution in [0.2, 0.25) is 0 Å². The first-order chi connectivity index (χ1) is 15.3. The molecule has 10 heteroatoms. The Bertz CT molecular complexity index is 1150. The normalized spacial score (nSPS) is 25.6. The quantitative estimate of drug-likeness (QED) is 0.370. The molecular formula is C22H22O10. The summed E-state index contributed by atoms with van der Waals surface area (Å²) in [4.78, 5) is 12.5. The van der Waals surface area contributed by atoms with E-state index in [0.29, 0.717) is 11.3 Å². The lowest BCUT2D eigenvalue weighted by molar-refractivity contribution is -0.277. The van der Waals surface area contributed by atoms with Gasteiger partial charge in [-0.1, -0.05) is 0 Å². The van der Waals surface area contributed by atoms with Crippen LogP contribution in [-0.2, 0) is 4.74 Å². The van der Waals surface area contributed by atoms with Gasteiger partial charge in [-0.25, -0.2) is 0 Å². The zero-order chi connectivity index (χ0) is 23.0. The number of hydrogen-bond donors (Lipinski definition) is 5. The Morgan fingerprint density at radius 3 is 2.31 bits per heavy atom. The van der Waals surface area contributed by atoms with Crippen molar-refractivity contribution in [1.82, 2.24) is 0 Å². The maximum atomic E-state index is 12.5. The van der Waals surface area contributed by atoms with Gasteiger partial charge in [-0.05, 0) is 36.4 Å². The maximum absolute atomic E-state index is 12.5. The first-order valence-corrected chi connectivity index (χ1v) is 9.75. The summed E-state index contributed by atoms with van der Waals surface area (Å²) in [6.07, 6.45) is -7.04. The van der Waals surface area contributed by atoms with Crippen LogP contribution >= 0.6 is 0 Å². The minimum Gasteiger partial charge on any atom is -0.502 e. The van der Waals surface area contributed by atoms with Gasteiger partial charge in [-0.15, -0.1) is 0 Å². The van der Waals surface area contributed by atoms with Crippen molar-refractivity contribution in [2.24, 2.45) is 0 Å². The lowest BCUT2D eigenvalue weighted by atomic mass is 9.99. The van der Waals surface area contributed by atoms with Crippen molar-refractivity contribution in [2.75, 3.05) is 13.7 Å². The molecule has 1 fully saturated rings. The van der Waals surface area contributed by atoms with E-state index < -0.39 is 48.5 Å². The molecule has 2 heterocycles. The second-order valence-corrected chi connectivity index (χ2v) is 7.31. The van der Waals surface area contributed by atoms with E-state index in [2.05, 4.69) is 0 Å². The monoisotopic (exact) mass is 446 g/mol. The molecule has 170 valence electrons. The molecule has 0 bridgehead atoms. The Balaban J connectivity index is 1.61. The van der Waals surface area contributed by atoms with Gasteiger partial charge in [0.05, 0.1) is 19.1 Å². The van der Waals surface area contributed by atoms with Gasteiger partial charge >= 0.3 is 0 Å². The highest BCUT2D eigenvalue weighted by atomic mass is 16.7. The van der Waals surface area contributed by atoms with Gasteiger partial charge < -0.3 is 44.2 Å². The van der Waals surface area contributed by atoms with Crippen molar-refractivity contribution in [2.45, 2.75) is 30.7 Å². The van der Waals surface area contributed by atoms with Crippen molar-refractivity contribution in [1.29, 1.82) is 0 Å². The third-order valence-electron chi connectivity index (χ3n) is 5.29. The summed E-state index contributed by atoms with van der Waals surface area (Å²) in [6, 6.07) is 10.6. The number of fused-ring (bicyclic) bond motifs is 1. The number of aromatic hydroxyl groups is 1. The highest BCUT2D eigenvalue weighted by Gasteiger charge is 2.44. The van der Waals surface area contributed by atoms with Crippen LogP contribution < -0.4 is 14.9 Å². The number of benzene rings is 2. The summed E-state index contributed by atoms with van der Waals surface area (Å²) >= 11 is 0. The van der Waals surface area contributed by atoms with Crippen LogP contribution in [0.15, 0.2) is 51.7 Å². The molecule has 4 rings (SSSR count). The van der Waals surface area contributed by atoms with E-state index in [-0.39, 0.29) is 22.5 Å². The number of methoxy groups -OCH3 is 1. The van der Waals surface area contributed by atoms with E-state index in [1.165, 1.54) is 43.5 Å². The van der Waals surface area contributed by atoms with E-state index in [1.807, 2.05) is 0 Å². The molecule has 1 aliphatic rings. The molecule has 0 aliphatic carbocycles. The fourth-order valence-electron chi connectivity index (χ4n) is 3.47. The fourth-order valence-corrected chi connectivity index (χ4v) is 3.47. The molecule has 0 radical (unpaired) electrons. The summed E-state index contributed by atoms with van der Waals surface area (Å²) in [6.45, 7) is -0.575. The molecule has 0 saturated carbocycles. The summed E-state index contributed by atoms with van der Waals surface area (Å²) < 4.78 is 21.7. The van der Waals surface area contributed by atoms with Crippen LogP contribution in [0.3, 0.4) is 0 Å². The van der Waals surface area contributed by atoms with E-state index in [4.69, 9.17) is 18.6 Å². The van der Waals surface area contributed by atoms with Crippen LogP contribution in [0.1, 0.15) is 0 Å². The second-order valence-electron chi connectivity index (χ2n) is 7.31. The predicted octanol–water partition coefficient (Wildman–Crippen LogP) is 0.353. The minimum atomic E-state index is -1.56. The molecule has 0 spiro atoms. The molecule has 0 unspecified atom stereocenters. The largest absolute Gasteiger partial charge is 0.502 e. The number of hydrogen-bond acceptors (Lipinski definition) is 10. The molecule has 1 aliphatic heterocycles. The van der Waals surface area contributed by atoms with Crippen LogP contribution in [0.5, 0.6) is 17.2 Å². The van der Waals surface area contributed by atoms with Crippen molar-refractivity contribution < 1.29 is 44.2 Å². The van der Waals surface area contributed by atoms with E-state index in [0.717, 1.165) is 0 Å². The Hall–Kier alpha value is -3.15. The summed E-state index contributed by atoms with van der Waals surface area (Å²) in [5, 5.41) is 49.6. The van der Waals surface area contributed by atoms with E-state index in [1.54, 1.807) is 6.07 Å². The molecule has 0 amide bonds. The van der Waals surface area contributed by atoms with Gasteiger partial charge in [-0.2, -0.15) is 0 Å². The average Bonchev–Trinajstić information content (AvgIpc) is 2.82. The van der Waals surface area contributed by atoms with Crippen LogP contribution in [0.25, 0.3) is 22.3 Å². The Kier molecular flexibility index (Phi) is 6.04. The van der Waals surface area contributed by atoms with E-state index >= 15 is 0 Å². The lowest BCUT2D eigenvalue weighted by Gasteiger charge is -2.39. The van der Waals surface area contributed by atoms with Gasteiger partial charge in [-0.3, -0.25) is 4.79 Å². The van der Waals surface area contributed by atoms with Gasteiger partial charge in [0.25, 0.3) is 0 Å². The number of ether oxygens (including phenoxy) is 3. The Labute approximate surface area is 181 Å². The summed E-state index contributed by atoms with van der Waals surface area (Å²) in [5.41, 5.74) is 0.0276. The number of aliphatic hydroxyl groups excluding tert-OH is 4. The lowest BCUT2D eigenvalue weighted by Crippen LogP contribution is -2.60. The molecule has 10 nitrogen and oxygen atoms in total. The second kappa shape index (κ2) is 8.77. The fraction of sp³-hybridized carbons (Fsp3) is 0.318. The first-order valence-electron chi connectivity index (χ1n) is 9.75. The molecule has 5 atom stereocenters. The maximum Gasteiger partial charge on any atom is 0.235 e. The van der Waals surface area contributed by atoms with Crippen LogP contribution in [0, 0.1) is 0 Å². The molecule has 5 N–H and O–H groups in total. The molecular weight excluding hydrogens is 424 g/mol. The Morgan fingerprint density at radius 1 is 0.969 bits per heavy atom. The van der Waals surface area contributed by atoms with Crippen LogP contribution in [-0.4, -0.2) is 70.0 Å². The van der Waals surface area contributed by atoms with Gasteiger partial charge in [0.15, 0.2) is 5.76 Å². The van der Waals surface area contributed by atoms with E-state index in [9.17, 15) is 30.3 Å². The average molecular weight is 446 g/mol. The highest BCUT2D eigenvalue weighted by Crippen LogP contribution is 2.33. The van der Waals surface area contributed by atoms with Crippen LogP contribution in [0.4, 0.5) is 0 Å². The standard InChI is InChI=1S/C22H22O10/c1-29-12-6-7-13-14(8-12)31-21(19(27)16(13)24)10-2-4-11(5-3-10)30-22-20(28)18(26)17(25)15(9-23)32-22/h2-8,15,17-18,20,22-23,25-28H,9H2,1H3/t15-,17-,18+,20-,22-/m1/s1. The van der Waals surface area contributed by atoms with Crippen molar-refractivity contribution in [3.8, 4) is 28.6 Å². The number of aliphatic hydroxyl groups is 4. The van der Waals surface area contributed by atoms with Gasteiger partial charge in [0.2, 0.25) is 17.5 Å². The molecule has 2 aromatic carbocycles. The first kappa shape index (κ1) is 22.1. The predicted molar refractivity (Wildman–Crippen MR) is 111 cm³/mol. The topological polar surface area (TPSA) is 159 Å². The summed E-state index contributed by atoms with van der Waals surface area (Å²) in [5.74, 6) is 0.114. The number of rotatable bonds is 5. The zero-order valence-electron chi connectivity index (χ0n) is 16.9. The molecule has 3 aromatic rings. The molecule has 1 saturated heterocycles. The minimum absolute atomic E-state index is 0.0462. The smallest absolute Gasteiger partial charge is 0.235 e. The highest BCUT2D eigenvalue weighted by molar-refractivity contribution is 5.83. The summed E-state index contributed by atoms with van der Waals surface area (Å²) in [7, 11) is 1.48. The Morgan fingerprint density at radius 2 is 1.66 bits per heavy atom. The van der Waals surface area contributed by atoms with Crippen molar-refractivity contribution in [3.63, 3.8) is 0 Å². The zero-order valence-corrected chi connectivity index (χ0v) is 16.9. The van der Waals surface area contributed by atoms with Crippen molar-refractivity contribution >= 4 is 11.0 Å². The third-order valence-corrected chi connectivity index (χ3v) is 5.29. The van der Waals surface area contributed by atoms with Gasteiger partial charge in [0, 0.05) is 11.6 Å². The molecule has 1 aromatic heterocycles.